The van der Waals surface area contributed by atoms with Gasteiger partial charge >= 0.3 is 6.18 Å². The minimum Gasteiger partial charge on any atom is -0.351 e. The molecule has 2 aromatic rings. The molecule has 0 aliphatic carbocycles. The summed E-state index contributed by atoms with van der Waals surface area (Å²) in [5, 5.41) is 8.52. The van der Waals surface area contributed by atoms with Crippen molar-refractivity contribution in [2.75, 3.05) is 18.4 Å². The zero-order valence-electron chi connectivity index (χ0n) is 14.2. The van der Waals surface area contributed by atoms with Crippen molar-refractivity contribution in [3.05, 3.63) is 46.7 Å². The third-order valence-electron chi connectivity index (χ3n) is 3.33. The Morgan fingerprint density at radius 1 is 1.07 bits per heavy atom. The summed E-state index contributed by atoms with van der Waals surface area (Å²) in [5.74, 6) is -0.716. The van der Waals surface area contributed by atoms with Crippen LogP contribution >= 0.6 is 11.3 Å². The van der Waals surface area contributed by atoms with Crippen molar-refractivity contribution < 1.29 is 31.2 Å². The van der Waals surface area contributed by atoms with Gasteiger partial charge in [0.2, 0.25) is 15.9 Å². The predicted molar refractivity (Wildman–Crippen MR) is 97.6 cm³/mol. The van der Waals surface area contributed by atoms with Crippen LogP contribution in [-0.2, 0) is 14.8 Å². The number of thiophene rings is 1. The van der Waals surface area contributed by atoms with Crippen LogP contribution in [0.15, 0.2) is 46.0 Å². The fourth-order valence-electron chi connectivity index (χ4n) is 1.99. The Bertz CT molecular complexity index is 912. The van der Waals surface area contributed by atoms with Crippen molar-refractivity contribution in [3.8, 4) is 0 Å². The zero-order valence-corrected chi connectivity index (χ0v) is 15.9. The van der Waals surface area contributed by atoms with Gasteiger partial charge in [0.15, 0.2) is 0 Å². The van der Waals surface area contributed by atoms with Gasteiger partial charge in [-0.15, -0.1) is 0 Å². The number of hydrogen-bond acceptors (Lipinski definition) is 5. The number of benzene rings is 1. The molecule has 1 aromatic heterocycles. The number of halogens is 3. The average Bonchev–Trinajstić information content (AvgIpc) is 3.15. The topological polar surface area (TPSA) is 104 Å². The van der Waals surface area contributed by atoms with Gasteiger partial charge in [-0.05, 0) is 35.7 Å². The van der Waals surface area contributed by atoms with Crippen molar-refractivity contribution in [1.29, 1.82) is 0 Å². The third-order valence-corrected chi connectivity index (χ3v) is 5.43. The Balaban J connectivity index is 1.83. The highest BCUT2D eigenvalue weighted by Gasteiger charge is 2.30. The van der Waals surface area contributed by atoms with E-state index < -0.39 is 28.7 Å². The fourth-order valence-corrected chi connectivity index (χ4v) is 3.64. The highest BCUT2D eigenvalue weighted by molar-refractivity contribution is 7.89. The number of rotatable bonds is 8. The molecule has 0 radical (unpaired) electrons. The first-order valence-electron chi connectivity index (χ1n) is 7.83. The second kappa shape index (κ2) is 9.17. The Kier molecular flexibility index (Phi) is 7.16. The van der Waals surface area contributed by atoms with Gasteiger partial charge in [0.1, 0.15) is 6.54 Å². The van der Waals surface area contributed by atoms with E-state index in [1.54, 1.807) is 16.8 Å². The van der Waals surface area contributed by atoms with Gasteiger partial charge in [0, 0.05) is 29.6 Å². The van der Waals surface area contributed by atoms with E-state index in [-0.39, 0.29) is 29.5 Å². The fraction of sp³-hybridized carbons (Fsp3) is 0.250. The van der Waals surface area contributed by atoms with Crippen LogP contribution < -0.4 is 15.4 Å². The number of sulfonamides is 1. The summed E-state index contributed by atoms with van der Waals surface area (Å²) in [6, 6.07) is 6.31. The van der Waals surface area contributed by atoms with Crippen molar-refractivity contribution >= 4 is 38.9 Å². The Hall–Kier alpha value is -2.44. The van der Waals surface area contributed by atoms with E-state index in [0.29, 0.717) is 5.56 Å². The van der Waals surface area contributed by atoms with Crippen LogP contribution in [-0.4, -0.2) is 39.5 Å². The van der Waals surface area contributed by atoms with E-state index in [1.165, 1.54) is 28.2 Å². The first-order chi connectivity index (χ1) is 13.1. The van der Waals surface area contributed by atoms with Crippen LogP contribution in [0.2, 0.25) is 0 Å². The van der Waals surface area contributed by atoms with Crippen molar-refractivity contribution in [2.24, 2.45) is 0 Å². The van der Waals surface area contributed by atoms with E-state index in [0.717, 1.165) is 12.1 Å². The molecule has 2 rings (SSSR count). The van der Waals surface area contributed by atoms with Crippen LogP contribution in [0.25, 0.3) is 0 Å². The number of hydrogen-bond donors (Lipinski definition) is 3. The second-order valence-electron chi connectivity index (χ2n) is 5.53. The Morgan fingerprint density at radius 2 is 1.75 bits per heavy atom. The normalized spacial score (nSPS) is 11.8. The van der Waals surface area contributed by atoms with Gasteiger partial charge in [-0.3, -0.25) is 9.59 Å². The van der Waals surface area contributed by atoms with Crippen LogP contribution in [0.3, 0.4) is 0 Å². The molecular weight excluding hydrogens is 419 g/mol. The molecule has 0 aliphatic rings. The van der Waals surface area contributed by atoms with E-state index in [4.69, 9.17) is 0 Å². The van der Waals surface area contributed by atoms with E-state index >= 15 is 0 Å². The lowest BCUT2D eigenvalue weighted by atomic mass is 10.3. The quantitative estimate of drug-likeness (QED) is 0.592. The molecule has 0 unspecified atom stereocenters. The number of amides is 2. The number of anilines is 1. The lowest BCUT2D eigenvalue weighted by Gasteiger charge is -2.10. The summed E-state index contributed by atoms with van der Waals surface area (Å²) in [6.45, 7) is -1.57. The molecule has 152 valence electrons. The molecule has 0 bridgehead atoms. The maximum atomic E-state index is 12.1. The van der Waals surface area contributed by atoms with Gasteiger partial charge in [-0.2, -0.15) is 24.5 Å². The molecule has 12 heteroatoms. The first kappa shape index (κ1) is 21.9. The molecule has 0 saturated carbocycles. The lowest BCUT2D eigenvalue weighted by molar-refractivity contribution is -0.121. The maximum Gasteiger partial charge on any atom is 0.402 e. The highest BCUT2D eigenvalue weighted by Crippen LogP contribution is 2.17. The number of alkyl halides is 3. The summed E-state index contributed by atoms with van der Waals surface area (Å²) in [5.41, 5.74) is 0.769. The zero-order chi connectivity index (χ0) is 20.8. The molecule has 2 amide bonds. The maximum absolute atomic E-state index is 12.1. The largest absolute Gasteiger partial charge is 0.402 e. The van der Waals surface area contributed by atoms with E-state index in [2.05, 4.69) is 10.6 Å². The summed E-state index contributed by atoms with van der Waals surface area (Å²) in [7, 11) is -4.31. The SMILES string of the molecule is O=C(CCNC(=O)c1ccsc1)Nc1ccc(S(=O)(=O)NCC(F)(F)F)cc1. The average molecular weight is 435 g/mol. The smallest absolute Gasteiger partial charge is 0.351 e. The van der Waals surface area contributed by atoms with Crippen molar-refractivity contribution in [1.82, 2.24) is 10.0 Å². The van der Waals surface area contributed by atoms with E-state index in [9.17, 15) is 31.2 Å². The van der Waals surface area contributed by atoms with Gasteiger partial charge in [0.05, 0.1) is 4.90 Å². The Labute approximate surface area is 163 Å². The molecule has 1 aromatic carbocycles. The Morgan fingerprint density at radius 3 is 2.32 bits per heavy atom. The molecule has 28 heavy (non-hydrogen) atoms. The van der Waals surface area contributed by atoms with Crippen LogP contribution in [0, 0.1) is 0 Å². The van der Waals surface area contributed by atoms with Crippen molar-refractivity contribution in [2.45, 2.75) is 17.5 Å². The molecule has 0 saturated heterocycles. The first-order valence-corrected chi connectivity index (χ1v) is 10.3. The molecule has 7 nitrogen and oxygen atoms in total. The molecular formula is C16H16F3N3O4S2. The lowest BCUT2D eigenvalue weighted by Crippen LogP contribution is -2.33. The summed E-state index contributed by atoms with van der Waals surface area (Å²) in [6.07, 6.45) is -4.68. The van der Waals surface area contributed by atoms with Crippen LogP contribution in [0.5, 0.6) is 0 Å². The van der Waals surface area contributed by atoms with Gasteiger partial charge in [-0.1, -0.05) is 0 Å². The van der Waals surface area contributed by atoms with Crippen LogP contribution in [0.4, 0.5) is 18.9 Å². The minimum absolute atomic E-state index is 0.0108. The number of nitrogens with one attached hydrogen (secondary N) is 3. The highest BCUT2D eigenvalue weighted by atomic mass is 32.2. The van der Waals surface area contributed by atoms with Gasteiger partial charge in [-0.25, -0.2) is 13.1 Å². The van der Waals surface area contributed by atoms with Gasteiger partial charge < -0.3 is 10.6 Å². The summed E-state index contributed by atoms with van der Waals surface area (Å²) >= 11 is 1.37. The predicted octanol–water partition coefficient (Wildman–Crippen LogP) is 2.35. The monoisotopic (exact) mass is 435 g/mol. The third kappa shape index (κ3) is 6.94. The molecule has 0 atom stereocenters. The molecule has 0 spiro atoms. The molecule has 0 aliphatic heterocycles. The standard InChI is InChI=1S/C16H16F3N3O4S2/c17-16(18,19)10-21-28(25,26)13-3-1-12(2-4-13)22-14(23)5-7-20-15(24)11-6-8-27-9-11/h1-4,6,8-9,21H,5,7,10H2,(H,20,24)(H,22,23). The second-order valence-corrected chi connectivity index (χ2v) is 8.08. The van der Waals surface area contributed by atoms with Crippen molar-refractivity contribution in [3.63, 3.8) is 0 Å². The summed E-state index contributed by atoms with van der Waals surface area (Å²) in [4.78, 5) is 23.2. The number of carbonyl (C=O) groups excluding carboxylic acids is 2. The molecule has 1 heterocycles. The minimum atomic E-state index is -4.67. The van der Waals surface area contributed by atoms with E-state index in [1.807, 2.05) is 0 Å². The molecule has 3 N–H and O–H groups in total. The molecule has 0 fully saturated rings. The van der Waals surface area contributed by atoms with Crippen LogP contribution in [0.1, 0.15) is 16.8 Å². The van der Waals surface area contributed by atoms with Gasteiger partial charge in [0.25, 0.3) is 5.91 Å². The summed E-state index contributed by atoms with van der Waals surface area (Å²) < 4.78 is 61.4. The number of carbonyl (C=O) groups is 2.